The van der Waals surface area contributed by atoms with E-state index in [1.807, 2.05) is 11.8 Å². The fraction of sp³-hybridized carbons (Fsp3) is 0.364. The van der Waals surface area contributed by atoms with Crippen molar-refractivity contribution in [1.82, 2.24) is 0 Å². The summed E-state index contributed by atoms with van der Waals surface area (Å²) in [4.78, 5) is 12.4. The Hall–Kier alpha value is -2.15. The fourth-order valence-corrected chi connectivity index (χ4v) is 2.01. The summed E-state index contributed by atoms with van der Waals surface area (Å²) in [6.07, 6.45) is -0.636. The number of urea groups is 1. The van der Waals surface area contributed by atoms with Crippen molar-refractivity contribution in [2.24, 2.45) is 16.0 Å². The van der Waals surface area contributed by atoms with Crippen molar-refractivity contribution in [2.75, 3.05) is 18.0 Å². The van der Waals surface area contributed by atoms with E-state index in [0.717, 1.165) is 12.2 Å². The van der Waals surface area contributed by atoms with Gasteiger partial charge in [0.2, 0.25) is 0 Å². The highest BCUT2D eigenvalue weighted by atomic mass is 16.3. The van der Waals surface area contributed by atoms with Crippen molar-refractivity contribution >= 4 is 17.4 Å². The first-order chi connectivity index (χ1) is 8.52. The highest BCUT2D eigenvalue weighted by Gasteiger charge is 2.27. The summed E-state index contributed by atoms with van der Waals surface area (Å²) in [6.45, 7) is 3.16. The van der Waals surface area contributed by atoms with Gasteiger partial charge >= 0.3 is 6.03 Å². The third-order valence-electron chi connectivity index (χ3n) is 2.85. The Balaban J connectivity index is 2.43. The van der Waals surface area contributed by atoms with Crippen molar-refractivity contribution in [1.29, 1.82) is 0 Å². The minimum absolute atomic E-state index is 0.105. The number of hydrogen-bond donors (Lipinski definition) is 3. The second kappa shape index (κ2) is 4.61. The number of rotatable bonds is 2. The second-order valence-electron chi connectivity index (χ2n) is 3.99. The van der Waals surface area contributed by atoms with E-state index >= 15 is 0 Å². The number of azo groups is 1. The first-order valence-corrected chi connectivity index (χ1v) is 5.54. The lowest BCUT2D eigenvalue weighted by molar-refractivity contribution is 0.194. The van der Waals surface area contributed by atoms with Crippen molar-refractivity contribution < 1.29 is 15.0 Å². The van der Waals surface area contributed by atoms with Gasteiger partial charge in [-0.05, 0) is 13.0 Å². The number of aromatic hydroxyl groups is 1. The highest BCUT2D eigenvalue weighted by molar-refractivity contribution is 5.73. The van der Waals surface area contributed by atoms with E-state index in [4.69, 9.17) is 5.73 Å². The van der Waals surface area contributed by atoms with Crippen LogP contribution in [-0.4, -0.2) is 29.3 Å². The Morgan fingerprint density at radius 3 is 2.94 bits per heavy atom. The van der Waals surface area contributed by atoms with Gasteiger partial charge < -0.3 is 20.8 Å². The predicted octanol–water partition coefficient (Wildman–Crippen LogP) is 1.43. The van der Waals surface area contributed by atoms with Gasteiger partial charge in [-0.2, -0.15) is 0 Å². The van der Waals surface area contributed by atoms with Gasteiger partial charge in [0.25, 0.3) is 0 Å². The fourth-order valence-electron chi connectivity index (χ4n) is 2.01. The van der Waals surface area contributed by atoms with Crippen LogP contribution in [0.2, 0.25) is 0 Å². The Kier molecular flexibility index (Phi) is 3.15. The maximum Gasteiger partial charge on any atom is 0.356 e. The van der Waals surface area contributed by atoms with Crippen molar-refractivity contribution in [3.05, 3.63) is 17.7 Å². The number of nitrogens with zero attached hydrogens (tertiary/aromatic N) is 3. The third-order valence-corrected chi connectivity index (χ3v) is 2.85. The lowest BCUT2D eigenvalue weighted by Gasteiger charge is -2.16. The number of primary amides is 1. The first kappa shape index (κ1) is 12.3. The predicted molar refractivity (Wildman–Crippen MR) is 65.1 cm³/mol. The molecule has 96 valence electrons. The standard InChI is InChI=1S/C11H14N4O3/c1-2-15-5-10(17)6-3-7(13-14-11(12)18)9(16)4-8(6)15/h3-4,10,16-17H,2,5H2,1H3,(H2,12,18)/t10-/m0/s1. The molecule has 1 heterocycles. The molecule has 1 aromatic carbocycles. The molecule has 7 nitrogen and oxygen atoms in total. The van der Waals surface area contributed by atoms with Crippen LogP contribution in [0.1, 0.15) is 18.6 Å². The molecule has 0 unspecified atom stereocenters. The van der Waals surface area contributed by atoms with Crippen molar-refractivity contribution in [3.8, 4) is 5.75 Å². The number of β-amino-alcohol motifs (C(OH)–C–C–N with tert-alkyl or cyclic N) is 1. The number of likely N-dealkylation sites (N-methyl/N-ethyl adjacent to an activating group) is 1. The average molecular weight is 250 g/mol. The van der Waals surface area contributed by atoms with Crippen LogP contribution >= 0.6 is 0 Å². The van der Waals surface area contributed by atoms with Crippen LogP contribution in [0.3, 0.4) is 0 Å². The average Bonchev–Trinajstić information content (AvgIpc) is 2.62. The number of amides is 2. The van der Waals surface area contributed by atoms with Crippen LogP contribution in [0.5, 0.6) is 5.75 Å². The molecule has 1 atom stereocenters. The van der Waals surface area contributed by atoms with Crippen LogP contribution in [-0.2, 0) is 0 Å². The summed E-state index contributed by atoms with van der Waals surface area (Å²) in [7, 11) is 0. The van der Waals surface area contributed by atoms with Gasteiger partial charge in [-0.15, -0.1) is 5.11 Å². The molecule has 4 N–H and O–H groups in total. The van der Waals surface area contributed by atoms with Gasteiger partial charge in [-0.3, -0.25) is 0 Å². The minimum Gasteiger partial charge on any atom is -0.506 e. The molecule has 0 aromatic heterocycles. The molecule has 1 aliphatic heterocycles. The molecule has 1 aromatic rings. The summed E-state index contributed by atoms with van der Waals surface area (Å²) in [6, 6.07) is 2.08. The molecule has 0 aliphatic carbocycles. The molecule has 7 heteroatoms. The maximum absolute atomic E-state index is 10.5. The number of carbonyl (C=O) groups is 1. The topological polar surface area (TPSA) is 112 Å². The molecule has 0 bridgehead atoms. The van der Waals surface area contributed by atoms with Gasteiger partial charge in [-0.1, -0.05) is 5.11 Å². The van der Waals surface area contributed by atoms with E-state index in [1.165, 1.54) is 12.1 Å². The quantitative estimate of drug-likeness (QED) is 0.689. The number of anilines is 1. The number of fused-ring (bicyclic) bond motifs is 1. The Bertz CT molecular complexity index is 515. The molecular weight excluding hydrogens is 236 g/mol. The molecule has 0 radical (unpaired) electrons. The summed E-state index contributed by atoms with van der Waals surface area (Å²) in [5.41, 5.74) is 6.38. The van der Waals surface area contributed by atoms with Crippen molar-refractivity contribution in [2.45, 2.75) is 13.0 Å². The minimum atomic E-state index is -0.939. The molecule has 2 rings (SSSR count). The number of hydrogen-bond acceptors (Lipinski definition) is 5. The number of phenolic OH excluding ortho intramolecular Hbond substituents is 1. The Labute approximate surface area is 104 Å². The number of carbonyl (C=O) groups excluding carboxylic acids is 1. The van der Waals surface area contributed by atoms with E-state index in [0.29, 0.717) is 12.1 Å². The smallest absolute Gasteiger partial charge is 0.356 e. The Morgan fingerprint density at radius 2 is 2.33 bits per heavy atom. The zero-order valence-corrected chi connectivity index (χ0v) is 9.87. The zero-order chi connectivity index (χ0) is 13.3. The summed E-state index contributed by atoms with van der Waals surface area (Å²) < 4.78 is 0. The molecule has 0 spiro atoms. The largest absolute Gasteiger partial charge is 0.506 e. The Morgan fingerprint density at radius 1 is 1.61 bits per heavy atom. The number of aliphatic hydroxyl groups excluding tert-OH is 1. The molecule has 18 heavy (non-hydrogen) atoms. The van der Waals surface area contributed by atoms with E-state index < -0.39 is 12.1 Å². The summed E-state index contributed by atoms with van der Waals surface area (Å²) >= 11 is 0. The SMILES string of the molecule is CCN1C[C@H](O)c2cc(N=NC(N)=O)c(O)cc21. The number of phenols is 1. The van der Waals surface area contributed by atoms with Gasteiger partial charge in [0.1, 0.15) is 11.4 Å². The van der Waals surface area contributed by atoms with E-state index in [-0.39, 0.29) is 11.4 Å². The first-order valence-electron chi connectivity index (χ1n) is 5.54. The van der Waals surface area contributed by atoms with Gasteiger partial charge in [-0.25, -0.2) is 4.79 Å². The lowest BCUT2D eigenvalue weighted by atomic mass is 10.1. The molecule has 0 saturated heterocycles. The zero-order valence-electron chi connectivity index (χ0n) is 9.87. The van der Waals surface area contributed by atoms with E-state index in [1.54, 1.807) is 0 Å². The van der Waals surface area contributed by atoms with Gasteiger partial charge in [0, 0.05) is 30.4 Å². The monoisotopic (exact) mass is 250 g/mol. The van der Waals surface area contributed by atoms with Gasteiger partial charge in [0.15, 0.2) is 0 Å². The van der Waals surface area contributed by atoms with E-state index in [9.17, 15) is 15.0 Å². The number of aliphatic hydroxyl groups is 1. The molecule has 0 fully saturated rings. The van der Waals surface area contributed by atoms with Crippen LogP contribution in [0.4, 0.5) is 16.2 Å². The van der Waals surface area contributed by atoms with Crippen molar-refractivity contribution in [3.63, 3.8) is 0 Å². The van der Waals surface area contributed by atoms with Crippen LogP contribution in [0.15, 0.2) is 22.4 Å². The molecule has 0 saturated carbocycles. The molecular formula is C11H14N4O3. The van der Waals surface area contributed by atoms with E-state index in [2.05, 4.69) is 10.2 Å². The number of benzene rings is 1. The second-order valence-corrected chi connectivity index (χ2v) is 3.99. The lowest BCUT2D eigenvalue weighted by Crippen LogP contribution is -2.20. The summed E-state index contributed by atoms with van der Waals surface area (Å²) in [5, 5.41) is 26.4. The van der Waals surface area contributed by atoms with Crippen LogP contribution < -0.4 is 10.6 Å². The maximum atomic E-state index is 10.5. The number of nitrogens with two attached hydrogens (primary N) is 1. The summed E-state index contributed by atoms with van der Waals surface area (Å²) in [5.74, 6) is -0.105. The molecule has 2 amide bonds. The highest BCUT2D eigenvalue weighted by Crippen LogP contribution is 2.41. The van der Waals surface area contributed by atoms with Crippen LogP contribution in [0.25, 0.3) is 0 Å². The normalized spacial score (nSPS) is 18.3. The third kappa shape index (κ3) is 2.12. The van der Waals surface area contributed by atoms with Crippen LogP contribution in [0, 0.1) is 0 Å². The van der Waals surface area contributed by atoms with Gasteiger partial charge in [0.05, 0.1) is 6.10 Å². The molecule has 1 aliphatic rings.